The molecule has 1 aliphatic rings. The molecule has 0 saturated carbocycles. The molecule has 0 bridgehead atoms. The maximum Gasteiger partial charge on any atom is 0.407 e. The van der Waals surface area contributed by atoms with Gasteiger partial charge >= 0.3 is 12.1 Å². The van der Waals surface area contributed by atoms with Crippen LogP contribution in [0.3, 0.4) is 0 Å². The lowest BCUT2D eigenvalue weighted by Crippen LogP contribution is -2.32. The zero-order chi connectivity index (χ0) is 22.1. The number of carboxylic acids is 1. The zero-order valence-corrected chi connectivity index (χ0v) is 17.8. The molecule has 1 heterocycles. The Morgan fingerprint density at radius 1 is 1.10 bits per heavy atom. The van der Waals surface area contributed by atoms with Gasteiger partial charge in [0.25, 0.3) is 0 Å². The van der Waals surface area contributed by atoms with Gasteiger partial charge < -0.3 is 15.2 Å². The normalized spacial score (nSPS) is 13.4. The van der Waals surface area contributed by atoms with E-state index >= 15 is 0 Å². The number of nitrogens with one attached hydrogen (secondary N) is 1. The Morgan fingerprint density at radius 2 is 1.68 bits per heavy atom. The summed E-state index contributed by atoms with van der Waals surface area (Å²) in [5.41, 5.74) is 6.75. The molecule has 160 valence electrons. The van der Waals surface area contributed by atoms with E-state index < -0.39 is 18.1 Å². The van der Waals surface area contributed by atoms with E-state index in [-0.39, 0.29) is 18.9 Å². The molecule has 0 unspecified atom stereocenters. The van der Waals surface area contributed by atoms with Gasteiger partial charge in [-0.15, -0.1) is 0 Å². The van der Waals surface area contributed by atoms with Crippen LogP contribution in [0, 0.1) is 13.8 Å². The molecule has 7 heteroatoms. The number of alkyl carbamates (subject to hydrolysis) is 1. The van der Waals surface area contributed by atoms with Gasteiger partial charge in [0, 0.05) is 24.2 Å². The summed E-state index contributed by atoms with van der Waals surface area (Å²) < 4.78 is 7.27. The van der Waals surface area contributed by atoms with Crippen molar-refractivity contribution in [3.8, 4) is 11.1 Å². The summed E-state index contributed by atoms with van der Waals surface area (Å²) >= 11 is 0. The standard InChI is InChI=1S/C24H25N3O4/c1-14-23(15(2)27(3)26-14)21(12-22(28)29)25-24(30)31-13-20-18-10-6-4-8-16(18)17-9-5-7-11-19(17)20/h4-11,20-21H,12-13H2,1-3H3,(H,25,30)(H,28,29)/t21-/m1/s1. The van der Waals surface area contributed by atoms with Gasteiger partial charge in [-0.1, -0.05) is 48.5 Å². The average Bonchev–Trinajstić information content (AvgIpc) is 3.19. The molecule has 0 fully saturated rings. The number of benzene rings is 2. The van der Waals surface area contributed by atoms with Gasteiger partial charge in [0.05, 0.1) is 18.2 Å². The third-order valence-electron chi connectivity index (χ3n) is 5.93. The average molecular weight is 419 g/mol. The Kier molecular flexibility index (Phi) is 5.50. The summed E-state index contributed by atoms with van der Waals surface area (Å²) in [6, 6.07) is 15.5. The number of carboxylic acid groups (broad SMARTS) is 1. The highest BCUT2D eigenvalue weighted by molar-refractivity contribution is 5.79. The maximum absolute atomic E-state index is 12.7. The Bertz CT molecular complexity index is 1110. The minimum absolute atomic E-state index is 0.0575. The molecular weight excluding hydrogens is 394 g/mol. The number of rotatable bonds is 6. The minimum atomic E-state index is -1.01. The summed E-state index contributed by atoms with van der Waals surface area (Å²) in [7, 11) is 1.79. The molecule has 3 aromatic rings. The molecule has 2 aromatic carbocycles. The lowest BCUT2D eigenvalue weighted by atomic mass is 9.98. The Balaban J connectivity index is 1.51. The highest BCUT2D eigenvalue weighted by atomic mass is 16.5. The van der Waals surface area contributed by atoms with Crippen LogP contribution in [0.1, 0.15) is 46.5 Å². The number of hydrogen-bond donors (Lipinski definition) is 2. The van der Waals surface area contributed by atoms with Crippen molar-refractivity contribution in [3.63, 3.8) is 0 Å². The van der Waals surface area contributed by atoms with Crippen LogP contribution in [0.4, 0.5) is 4.79 Å². The van der Waals surface area contributed by atoms with E-state index in [1.807, 2.05) is 31.2 Å². The van der Waals surface area contributed by atoms with Gasteiger partial charge in [-0.05, 0) is 36.1 Å². The lowest BCUT2D eigenvalue weighted by Gasteiger charge is -2.19. The van der Waals surface area contributed by atoms with Crippen LogP contribution in [0.5, 0.6) is 0 Å². The Hall–Kier alpha value is -3.61. The fourth-order valence-electron chi connectivity index (χ4n) is 4.48. The SMILES string of the molecule is Cc1nn(C)c(C)c1[C@@H](CC(=O)O)NC(=O)OCC1c2ccccc2-c2ccccc21. The first kappa shape index (κ1) is 20.7. The second kappa shape index (κ2) is 8.26. The number of hydrogen-bond acceptors (Lipinski definition) is 4. The summed E-state index contributed by atoms with van der Waals surface area (Å²) in [6.45, 7) is 3.82. The molecule has 4 rings (SSSR count). The predicted octanol–water partition coefficient (Wildman–Crippen LogP) is 4.09. The maximum atomic E-state index is 12.7. The van der Waals surface area contributed by atoms with Crippen molar-refractivity contribution in [1.82, 2.24) is 15.1 Å². The molecule has 0 aliphatic heterocycles. The van der Waals surface area contributed by atoms with E-state index in [4.69, 9.17) is 4.74 Å². The van der Waals surface area contributed by atoms with Crippen LogP contribution < -0.4 is 5.32 Å². The summed E-state index contributed by atoms with van der Waals surface area (Å²) in [4.78, 5) is 24.1. The van der Waals surface area contributed by atoms with Gasteiger partial charge in [0.15, 0.2) is 0 Å². The number of fused-ring (bicyclic) bond motifs is 3. The minimum Gasteiger partial charge on any atom is -0.481 e. The number of ether oxygens (including phenoxy) is 1. The second-order valence-electron chi connectivity index (χ2n) is 7.83. The number of aliphatic carboxylic acids is 1. The van der Waals surface area contributed by atoms with Crippen molar-refractivity contribution in [2.24, 2.45) is 7.05 Å². The van der Waals surface area contributed by atoms with E-state index in [1.54, 1.807) is 18.7 Å². The van der Waals surface area contributed by atoms with Crippen molar-refractivity contribution in [1.29, 1.82) is 0 Å². The topological polar surface area (TPSA) is 93.5 Å². The number of aromatic nitrogens is 2. The van der Waals surface area contributed by atoms with Gasteiger partial charge in [0.1, 0.15) is 6.61 Å². The van der Waals surface area contributed by atoms with Crippen molar-refractivity contribution in [2.45, 2.75) is 32.2 Å². The number of carbonyl (C=O) groups is 2. The second-order valence-corrected chi connectivity index (χ2v) is 7.83. The van der Waals surface area contributed by atoms with Gasteiger partial charge in [0.2, 0.25) is 0 Å². The molecule has 1 aliphatic carbocycles. The van der Waals surface area contributed by atoms with Gasteiger partial charge in [-0.25, -0.2) is 4.79 Å². The molecule has 1 amide bonds. The molecule has 1 atom stereocenters. The molecule has 0 radical (unpaired) electrons. The van der Waals surface area contributed by atoms with Crippen LogP contribution in [-0.4, -0.2) is 33.6 Å². The summed E-state index contributed by atoms with van der Waals surface area (Å²) in [6.07, 6.45) is -0.895. The van der Waals surface area contributed by atoms with E-state index in [9.17, 15) is 14.7 Å². The van der Waals surface area contributed by atoms with E-state index in [2.05, 4.69) is 34.7 Å². The fourth-order valence-corrected chi connectivity index (χ4v) is 4.48. The quantitative estimate of drug-likeness (QED) is 0.628. The third kappa shape index (κ3) is 3.91. The fraction of sp³-hybridized carbons (Fsp3) is 0.292. The number of aryl methyl sites for hydroxylation is 2. The number of carbonyl (C=O) groups excluding carboxylic acids is 1. The van der Waals surface area contributed by atoms with E-state index in [1.165, 1.54) is 0 Å². The smallest absolute Gasteiger partial charge is 0.407 e. The van der Waals surface area contributed by atoms with Gasteiger partial charge in [-0.3, -0.25) is 9.48 Å². The number of nitrogens with zero attached hydrogens (tertiary/aromatic N) is 2. The Morgan fingerprint density at radius 3 is 2.19 bits per heavy atom. The monoisotopic (exact) mass is 419 g/mol. The summed E-state index contributed by atoms with van der Waals surface area (Å²) in [5, 5.41) is 16.4. The first-order valence-electron chi connectivity index (χ1n) is 10.2. The molecule has 2 N–H and O–H groups in total. The summed E-state index contributed by atoms with van der Waals surface area (Å²) in [5.74, 6) is -1.07. The van der Waals surface area contributed by atoms with Crippen LogP contribution >= 0.6 is 0 Å². The molecule has 0 saturated heterocycles. The molecule has 7 nitrogen and oxygen atoms in total. The van der Waals surface area contributed by atoms with Crippen LogP contribution in [-0.2, 0) is 16.6 Å². The van der Waals surface area contributed by atoms with E-state index in [0.717, 1.165) is 27.9 Å². The first-order chi connectivity index (χ1) is 14.9. The largest absolute Gasteiger partial charge is 0.481 e. The first-order valence-corrected chi connectivity index (χ1v) is 10.2. The highest BCUT2D eigenvalue weighted by Crippen LogP contribution is 2.44. The van der Waals surface area contributed by atoms with Crippen molar-refractivity contribution in [2.75, 3.05) is 6.61 Å². The lowest BCUT2D eigenvalue weighted by molar-refractivity contribution is -0.137. The predicted molar refractivity (Wildman–Crippen MR) is 116 cm³/mol. The molecule has 31 heavy (non-hydrogen) atoms. The van der Waals surface area contributed by atoms with Crippen LogP contribution in [0.25, 0.3) is 11.1 Å². The third-order valence-corrected chi connectivity index (χ3v) is 5.93. The highest BCUT2D eigenvalue weighted by Gasteiger charge is 2.30. The van der Waals surface area contributed by atoms with Gasteiger partial charge in [-0.2, -0.15) is 5.10 Å². The number of amides is 1. The zero-order valence-electron chi connectivity index (χ0n) is 17.8. The Labute approximate surface area is 180 Å². The van der Waals surface area contributed by atoms with Crippen LogP contribution in [0.2, 0.25) is 0 Å². The van der Waals surface area contributed by atoms with Crippen molar-refractivity contribution < 1.29 is 19.4 Å². The van der Waals surface area contributed by atoms with Crippen molar-refractivity contribution >= 4 is 12.1 Å². The molecular formula is C24H25N3O4. The van der Waals surface area contributed by atoms with Crippen molar-refractivity contribution in [3.05, 3.63) is 76.6 Å². The van der Waals surface area contributed by atoms with Crippen LogP contribution in [0.15, 0.2) is 48.5 Å². The molecule has 1 aromatic heterocycles. The molecule has 0 spiro atoms. The van der Waals surface area contributed by atoms with E-state index in [0.29, 0.717) is 11.3 Å².